The van der Waals surface area contributed by atoms with Gasteiger partial charge in [0.2, 0.25) is 9.76 Å². The molecule has 1 aromatic carbocycles. The molecule has 0 atom stereocenters. The summed E-state index contributed by atoms with van der Waals surface area (Å²) in [6.07, 6.45) is 0.393. The zero-order chi connectivity index (χ0) is 11.3. The maximum absolute atomic E-state index is 11.5. The molecule has 0 spiro atoms. The summed E-state index contributed by atoms with van der Waals surface area (Å²) < 4.78 is 5.31. The van der Waals surface area contributed by atoms with E-state index >= 15 is 0 Å². The third kappa shape index (κ3) is 5.37. The van der Waals surface area contributed by atoms with Crippen molar-refractivity contribution in [2.24, 2.45) is 0 Å². The van der Waals surface area contributed by atoms with Gasteiger partial charge in [-0.3, -0.25) is 4.79 Å². The summed E-state index contributed by atoms with van der Waals surface area (Å²) in [5.41, 5.74) is 1.02. The van der Waals surface area contributed by atoms with Gasteiger partial charge in [-0.25, -0.2) is 0 Å². The van der Waals surface area contributed by atoms with Gasteiger partial charge in [-0.05, 0) is 10.6 Å². The summed E-state index contributed by atoms with van der Waals surface area (Å²) >= 11 is 0. The minimum absolute atomic E-state index is 0.0946. The summed E-state index contributed by atoms with van der Waals surface area (Å²) in [5.74, 6) is -0.0946. The minimum atomic E-state index is -0.763. The van der Waals surface area contributed by atoms with E-state index in [0.29, 0.717) is 6.42 Å². The summed E-state index contributed by atoms with van der Waals surface area (Å²) in [6, 6.07) is 9.70. The molecule has 0 aromatic heterocycles. The van der Waals surface area contributed by atoms with Crippen LogP contribution in [0.1, 0.15) is 26.3 Å². The Labute approximate surface area is 93.6 Å². The van der Waals surface area contributed by atoms with Crippen molar-refractivity contribution in [1.82, 2.24) is 0 Å². The predicted molar refractivity (Wildman–Crippen MR) is 64.5 cm³/mol. The summed E-state index contributed by atoms with van der Waals surface area (Å²) in [6.45, 7) is 6.32. The Kier molecular flexibility index (Phi) is 4.09. The molecule has 2 nitrogen and oxygen atoms in total. The monoisotopic (exact) mass is 222 g/mol. The third-order valence-corrected chi connectivity index (χ3v) is 3.19. The molecular formula is C12H18O2Si. The van der Waals surface area contributed by atoms with Crippen LogP contribution in [0.4, 0.5) is 0 Å². The van der Waals surface area contributed by atoms with Crippen LogP contribution in [-0.2, 0) is 15.6 Å². The van der Waals surface area contributed by atoms with Gasteiger partial charge >= 0.3 is 0 Å². The van der Waals surface area contributed by atoms with Gasteiger partial charge in [0, 0.05) is 0 Å². The largest absolute Gasteiger partial charge is 0.524 e. The van der Waals surface area contributed by atoms with E-state index in [0.717, 1.165) is 5.56 Å². The molecule has 3 heteroatoms. The Morgan fingerprint density at radius 1 is 1.27 bits per heavy atom. The van der Waals surface area contributed by atoms with Crippen LogP contribution < -0.4 is 0 Å². The van der Waals surface area contributed by atoms with E-state index in [-0.39, 0.29) is 11.0 Å². The van der Waals surface area contributed by atoms with Crippen molar-refractivity contribution in [2.45, 2.75) is 32.2 Å². The average Bonchev–Trinajstić information content (AvgIpc) is 2.15. The number of hydrogen-bond acceptors (Lipinski definition) is 2. The zero-order valence-corrected chi connectivity index (χ0v) is 11.0. The summed E-state index contributed by atoms with van der Waals surface area (Å²) in [5, 5.41) is 0.173. The number of carbonyl (C=O) groups excluding carboxylic acids is 1. The van der Waals surface area contributed by atoms with Gasteiger partial charge in [0.15, 0.2) is 0 Å². The molecule has 0 fully saturated rings. The molecule has 0 saturated carbocycles. The molecule has 0 aliphatic rings. The number of rotatable bonds is 3. The molecular weight excluding hydrogens is 204 g/mol. The molecule has 0 heterocycles. The molecule has 0 radical (unpaired) electrons. The highest BCUT2D eigenvalue weighted by atomic mass is 28.2. The second kappa shape index (κ2) is 5.12. The lowest BCUT2D eigenvalue weighted by Gasteiger charge is -2.16. The molecule has 82 valence electrons. The van der Waals surface area contributed by atoms with Gasteiger partial charge in [-0.15, -0.1) is 0 Å². The van der Waals surface area contributed by atoms with E-state index in [1.54, 1.807) is 0 Å². The smallest absolute Gasteiger partial charge is 0.296 e. The number of benzene rings is 1. The first-order valence-corrected chi connectivity index (χ1v) is 6.45. The van der Waals surface area contributed by atoms with E-state index in [1.165, 1.54) is 0 Å². The normalized spacial score (nSPS) is 11.9. The SMILES string of the molecule is CC(C)(C)[SiH2]OC(=O)Cc1ccccc1. The van der Waals surface area contributed by atoms with Crippen LogP contribution in [0.5, 0.6) is 0 Å². The van der Waals surface area contributed by atoms with Gasteiger partial charge in [-0.2, -0.15) is 0 Å². The number of carbonyl (C=O) groups is 1. The molecule has 0 bridgehead atoms. The molecule has 1 rings (SSSR count). The molecule has 0 saturated heterocycles. The van der Waals surface area contributed by atoms with Gasteiger partial charge in [0.1, 0.15) is 0 Å². The summed E-state index contributed by atoms with van der Waals surface area (Å²) in [7, 11) is -0.763. The van der Waals surface area contributed by atoms with Crippen LogP contribution >= 0.6 is 0 Å². The maximum Gasteiger partial charge on any atom is 0.296 e. The highest BCUT2D eigenvalue weighted by Gasteiger charge is 2.15. The Bertz CT molecular complexity index is 314. The molecule has 0 aliphatic heterocycles. The van der Waals surface area contributed by atoms with E-state index in [9.17, 15) is 4.79 Å². The highest BCUT2D eigenvalue weighted by Crippen LogP contribution is 2.20. The second-order valence-electron chi connectivity index (χ2n) is 4.88. The first kappa shape index (κ1) is 12.0. The minimum Gasteiger partial charge on any atom is -0.524 e. The summed E-state index contributed by atoms with van der Waals surface area (Å²) in [4.78, 5) is 11.5. The standard InChI is InChI=1S/C12H18O2Si/c1-12(2,3)15-14-11(13)9-10-7-5-4-6-8-10/h4-8H,9,15H2,1-3H3. The lowest BCUT2D eigenvalue weighted by Crippen LogP contribution is -2.18. The van der Waals surface area contributed by atoms with Crippen molar-refractivity contribution in [2.75, 3.05) is 0 Å². The van der Waals surface area contributed by atoms with Crippen molar-refractivity contribution >= 4 is 15.7 Å². The molecule has 0 amide bonds. The molecule has 0 aliphatic carbocycles. The molecule has 0 unspecified atom stereocenters. The fourth-order valence-corrected chi connectivity index (χ4v) is 1.81. The fraction of sp³-hybridized carbons (Fsp3) is 0.417. The van der Waals surface area contributed by atoms with Crippen LogP contribution in [0, 0.1) is 0 Å². The quantitative estimate of drug-likeness (QED) is 0.732. The van der Waals surface area contributed by atoms with Crippen LogP contribution in [0.15, 0.2) is 30.3 Å². The van der Waals surface area contributed by atoms with Crippen LogP contribution in [0.3, 0.4) is 0 Å². The average molecular weight is 222 g/mol. The first-order valence-electron chi connectivity index (χ1n) is 5.17. The zero-order valence-electron chi connectivity index (χ0n) is 9.62. The van der Waals surface area contributed by atoms with Crippen molar-refractivity contribution < 1.29 is 9.22 Å². The molecule has 15 heavy (non-hydrogen) atoms. The highest BCUT2D eigenvalue weighted by molar-refractivity contribution is 6.34. The van der Waals surface area contributed by atoms with Gasteiger partial charge in [-0.1, -0.05) is 51.1 Å². The lowest BCUT2D eigenvalue weighted by atomic mass is 10.2. The van der Waals surface area contributed by atoms with E-state index in [1.807, 2.05) is 30.3 Å². The Balaban J connectivity index is 2.38. The van der Waals surface area contributed by atoms with Gasteiger partial charge < -0.3 is 4.43 Å². The predicted octanol–water partition coefficient (Wildman–Crippen LogP) is 2.07. The Morgan fingerprint density at radius 3 is 2.40 bits per heavy atom. The van der Waals surface area contributed by atoms with Crippen LogP contribution in [0.25, 0.3) is 0 Å². The van der Waals surface area contributed by atoms with Crippen LogP contribution in [0.2, 0.25) is 5.04 Å². The van der Waals surface area contributed by atoms with E-state index in [2.05, 4.69) is 20.8 Å². The van der Waals surface area contributed by atoms with Crippen molar-refractivity contribution in [3.05, 3.63) is 35.9 Å². The van der Waals surface area contributed by atoms with Crippen molar-refractivity contribution in [1.29, 1.82) is 0 Å². The maximum atomic E-state index is 11.5. The van der Waals surface area contributed by atoms with Gasteiger partial charge in [0.05, 0.1) is 6.42 Å². The molecule has 0 N–H and O–H groups in total. The topological polar surface area (TPSA) is 26.3 Å². The lowest BCUT2D eigenvalue weighted by molar-refractivity contribution is -0.133. The third-order valence-electron chi connectivity index (χ3n) is 1.86. The van der Waals surface area contributed by atoms with Crippen molar-refractivity contribution in [3.8, 4) is 0 Å². The van der Waals surface area contributed by atoms with E-state index in [4.69, 9.17) is 4.43 Å². The molecule has 1 aromatic rings. The Hall–Kier alpha value is -1.09. The Morgan fingerprint density at radius 2 is 1.87 bits per heavy atom. The number of hydrogen-bond donors (Lipinski definition) is 0. The van der Waals surface area contributed by atoms with Crippen molar-refractivity contribution in [3.63, 3.8) is 0 Å². The second-order valence-corrected chi connectivity index (χ2v) is 7.58. The van der Waals surface area contributed by atoms with Crippen LogP contribution in [-0.4, -0.2) is 15.7 Å². The van der Waals surface area contributed by atoms with E-state index < -0.39 is 9.76 Å². The van der Waals surface area contributed by atoms with Gasteiger partial charge in [0.25, 0.3) is 5.97 Å². The first-order chi connectivity index (χ1) is 6.97. The fourth-order valence-electron chi connectivity index (χ4n) is 1.11.